The zero-order chi connectivity index (χ0) is 21.9. The van der Waals surface area contributed by atoms with E-state index in [1.54, 1.807) is 35.2 Å². The van der Waals surface area contributed by atoms with E-state index >= 15 is 0 Å². The fourth-order valence-corrected chi connectivity index (χ4v) is 3.73. The highest BCUT2D eigenvalue weighted by Crippen LogP contribution is 2.32. The van der Waals surface area contributed by atoms with Crippen LogP contribution in [-0.2, 0) is 0 Å². The van der Waals surface area contributed by atoms with Gasteiger partial charge >= 0.3 is 6.03 Å². The van der Waals surface area contributed by atoms with Gasteiger partial charge in [-0.15, -0.1) is 10.2 Å². The molecule has 2 amide bonds. The van der Waals surface area contributed by atoms with Crippen LogP contribution in [0.3, 0.4) is 0 Å². The molecule has 1 fully saturated rings. The number of hydrogen-bond donors (Lipinski definition) is 1. The van der Waals surface area contributed by atoms with Crippen LogP contribution in [0, 0.1) is 5.82 Å². The number of hydrogen-bond acceptors (Lipinski definition) is 6. The quantitative estimate of drug-likeness (QED) is 0.679. The molecule has 5 rings (SSSR count). The largest absolute Gasteiger partial charge is 0.486 e. The summed E-state index contributed by atoms with van der Waals surface area (Å²) in [5.74, 6) is 1.80. The summed E-state index contributed by atoms with van der Waals surface area (Å²) in [4.78, 5) is 16.5. The maximum absolute atomic E-state index is 13.1. The molecular weight excluding hydrogens is 413 g/mol. The molecule has 9 heteroatoms. The molecule has 0 aliphatic carbocycles. The summed E-state index contributed by atoms with van der Waals surface area (Å²) in [6.45, 7) is 3.47. The van der Waals surface area contributed by atoms with Crippen LogP contribution in [0.5, 0.6) is 11.5 Å². The van der Waals surface area contributed by atoms with Gasteiger partial charge < -0.3 is 24.6 Å². The lowest BCUT2D eigenvalue weighted by atomic mass is 10.1. The standard InChI is InChI=1S/C23H22FN5O3/c24-17-3-1-16(2-4-17)19-6-8-22(27-26-19)28-9-11-29(12-10-28)23(30)25-18-5-7-20-21(15-18)32-14-13-31-20/h1-8,15H,9-14H2,(H,25,30). The van der Waals surface area contributed by atoms with Gasteiger partial charge in [0.1, 0.15) is 19.0 Å². The van der Waals surface area contributed by atoms with Gasteiger partial charge in [0.2, 0.25) is 0 Å². The monoisotopic (exact) mass is 435 g/mol. The number of fused-ring (bicyclic) bond motifs is 1. The second-order valence-electron chi connectivity index (χ2n) is 7.55. The number of carbonyl (C=O) groups excluding carboxylic acids is 1. The normalized spacial score (nSPS) is 15.4. The Morgan fingerprint density at radius 2 is 1.62 bits per heavy atom. The minimum Gasteiger partial charge on any atom is -0.486 e. The first-order valence-electron chi connectivity index (χ1n) is 10.5. The number of urea groups is 1. The van der Waals surface area contributed by atoms with Gasteiger partial charge in [-0.2, -0.15) is 0 Å². The summed E-state index contributed by atoms with van der Waals surface area (Å²) in [6, 6.07) is 15.2. The van der Waals surface area contributed by atoms with Gasteiger partial charge in [0, 0.05) is 43.5 Å². The topological polar surface area (TPSA) is 79.8 Å². The van der Waals surface area contributed by atoms with Crippen LogP contribution in [0.1, 0.15) is 0 Å². The highest BCUT2D eigenvalue weighted by atomic mass is 19.1. The fourth-order valence-electron chi connectivity index (χ4n) is 3.73. The van der Waals surface area contributed by atoms with Gasteiger partial charge in [-0.25, -0.2) is 9.18 Å². The number of benzene rings is 2. The maximum atomic E-state index is 13.1. The number of amides is 2. The molecule has 32 heavy (non-hydrogen) atoms. The van der Waals surface area contributed by atoms with Crippen LogP contribution in [0.4, 0.5) is 20.7 Å². The molecule has 2 aliphatic rings. The van der Waals surface area contributed by atoms with Crippen molar-refractivity contribution in [2.45, 2.75) is 0 Å². The fraction of sp³-hybridized carbons (Fsp3) is 0.261. The molecule has 0 atom stereocenters. The molecule has 2 aromatic carbocycles. The summed E-state index contributed by atoms with van der Waals surface area (Å²) >= 11 is 0. The zero-order valence-electron chi connectivity index (χ0n) is 17.3. The first kappa shape index (κ1) is 20.0. The lowest BCUT2D eigenvalue weighted by Crippen LogP contribution is -2.50. The molecule has 1 N–H and O–H groups in total. The Kier molecular flexibility index (Phi) is 5.45. The highest BCUT2D eigenvalue weighted by Gasteiger charge is 2.23. The first-order valence-corrected chi connectivity index (χ1v) is 10.5. The molecular formula is C23H22FN5O3. The molecule has 1 saturated heterocycles. The summed E-state index contributed by atoms with van der Waals surface area (Å²) < 4.78 is 24.2. The van der Waals surface area contributed by atoms with Crippen molar-refractivity contribution >= 4 is 17.5 Å². The van der Waals surface area contributed by atoms with Crippen molar-refractivity contribution in [1.82, 2.24) is 15.1 Å². The number of anilines is 2. The smallest absolute Gasteiger partial charge is 0.321 e. The minimum atomic E-state index is -0.283. The minimum absolute atomic E-state index is 0.154. The van der Waals surface area contributed by atoms with Gasteiger partial charge in [0.15, 0.2) is 17.3 Å². The Labute approximate surface area is 184 Å². The van der Waals surface area contributed by atoms with Crippen molar-refractivity contribution in [3.8, 4) is 22.8 Å². The molecule has 3 aromatic rings. The predicted octanol–water partition coefficient (Wildman–Crippen LogP) is 3.41. The SMILES string of the molecule is O=C(Nc1ccc2c(c1)OCCO2)N1CCN(c2ccc(-c3ccc(F)cc3)nn2)CC1. The third-order valence-corrected chi connectivity index (χ3v) is 5.47. The number of aromatic nitrogens is 2. The molecule has 164 valence electrons. The number of nitrogens with one attached hydrogen (secondary N) is 1. The number of piperazine rings is 1. The van der Waals surface area contributed by atoms with Crippen LogP contribution in [0.2, 0.25) is 0 Å². The van der Waals surface area contributed by atoms with Gasteiger partial charge in [0.25, 0.3) is 0 Å². The average molecular weight is 435 g/mol. The first-order chi connectivity index (χ1) is 15.7. The van der Waals surface area contributed by atoms with Crippen molar-refractivity contribution in [3.05, 3.63) is 60.4 Å². The van der Waals surface area contributed by atoms with E-state index in [9.17, 15) is 9.18 Å². The molecule has 0 unspecified atom stereocenters. The average Bonchev–Trinajstić information content (AvgIpc) is 2.85. The molecule has 8 nitrogen and oxygen atoms in total. The maximum Gasteiger partial charge on any atom is 0.321 e. The molecule has 0 radical (unpaired) electrons. The van der Waals surface area contributed by atoms with Crippen LogP contribution in [-0.4, -0.2) is 60.5 Å². The van der Waals surface area contributed by atoms with Crippen LogP contribution in [0.25, 0.3) is 11.3 Å². The van der Waals surface area contributed by atoms with Crippen molar-refractivity contribution < 1.29 is 18.7 Å². The summed E-state index contributed by atoms with van der Waals surface area (Å²) in [5, 5.41) is 11.5. The summed E-state index contributed by atoms with van der Waals surface area (Å²) in [5.41, 5.74) is 2.17. The van der Waals surface area contributed by atoms with Gasteiger partial charge in [-0.1, -0.05) is 0 Å². The molecule has 0 bridgehead atoms. The lowest BCUT2D eigenvalue weighted by Gasteiger charge is -2.35. The van der Waals surface area contributed by atoms with Crippen LogP contribution >= 0.6 is 0 Å². The van der Waals surface area contributed by atoms with Crippen molar-refractivity contribution in [3.63, 3.8) is 0 Å². The number of carbonyl (C=O) groups is 1. The molecule has 3 heterocycles. The molecule has 1 aromatic heterocycles. The van der Waals surface area contributed by atoms with Crippen molar-refractivity contribution in [2.75, 3.05) is 49.6 Å². The Morgan fingerprint density at radius 3 is 2.34 bits per heavy atom. The number of halogens is 1. The van der Waals surface area contributed by atoms with Gasteiger partial charge in [0.05, 0.1) is 5.69 Å². The predicted molar refractivity (Wildman–Crippen MR) is 118 cm³/mol. The second-order valence-corrected chi connectivity index (χ2v) is 7.55. The Bertz CT molecular complexity index is 1100. The number of ether oxygens (including phenoxy) is 2. The van der Waals surface area contributed by atoms with Crippen LogP contribution < -0.4 is 19.7 Å². The van der Waals surface area contributed by atoms with E-state index in [1.165, 1.54) is 12.1 Å². The second kappa shape index (κ2) is 8.70. The number of nitrogens with zero attached hydrogens (tertiary/aromatic N) is 4. The van der Waals surface area contributed by atoms with E-state index in [-0.39, 0.29) is 11.8 Å². The van der Waals surface area contributed by atoms with E-state index < -0.39 is 0 Å². The van der Waals surface area contributed by atoms with E-state index in [2.05, 4.69) is 20.4 Å². The zero-order valence-corrected chi connectivity index (χ0v) is 17.3. The van der Waals surface area contributed by atoms with E-state index in [4.69, 9.17) is 9.47 Å². The highest BCUT2D eigenvalue weighted by molar-refractivity contribution is 5.90. The van der Waals surface area contributed by atoms with E-state index in [0.29, 0.717) is 62.3 Å². The van der Waals surface area contributed by atoms with Gasteiger partial charge in [-0.3, -0.25) is 0 Å². The third kappa shape index (κ3) is 4.27. The lowest BCUT2D eigenvalue weighted by molar-refractivity contribution is 0.171. The van der Waals surface area contributed by atoms with E-state index in [0.717, 1.165) is 11.4 Å². The van der Waals surface area contributed by atoms with Crippen molar-refractivity contribution in [2.24, 2.45) is 0 Å². The summed E-state index contributed by atoms with van der Waals surface area (Å²) in [7, 11) is 0. The molecule has 0 saturated carbocycles. The third-order valence-electron chi connectivity index (χ3n) is 5.47. The summed E-state index contributed by atoms with van der Waals surface area (Å²) in [6.07, 6.45) is 0. The van der Waals surface area contributed by atoms with Crippen molar-refractivity contribution in [1.29, 1.82) is 0 Å². The molecule has 0 spiro atoms. The molecule has 2 aliphatic heterocycles. The Morgan fingerprint density at radius 1 is 0.875 bits per heavy atom. The Hall–Kier alpha value is -3.88. The Balaban J connectivity index is 1.17. The van der Waals surface area contributed by atoms with Crippen LogP contribution in [0.15, 0.2) is 54.6 Å². The number of rotatable bonds is 3. The van der Waals surface area contributed by atoms with E-state index in [1.807, 2.05) is 12.1 Å². The van der Waals surface area contributed by atoms with Gasteiger partial charge in [-0.05, 0) is 48.5 Å².